The van der Waals surface area contributed by atoms with Gasteiger partial charge in [0.25, 0.3) is 0 Å². The van der Waals surface area contributed by atoms with Crippen molar-refractivity contribution in [2.45, 2.75) is 38.0 Å². The number of ether oxygens (including phenoxy) is 1. The molecule has 1 aromatic rings. The SMILES string of the molecule is CN(C1CCC=CO1)C1CCc2c(ccc(O)c2O)C1=O. The molecule has 1 heterocycles. The number of carbonyl (C=O) groups excluding carboxylic acids is 1. The maximum atomic E-state index is 12.7. The Morgan fingerprint density at radius 3 is 2.81 bits per heavy atom. The Kier molecular flexibility index (Phi) is 3.59. The lowest BCUT2D eigenvalue weighted by molar-refractivity contribution is -0.0264. The number of rotatable bonds is 2. The zero-order chi connectivity index (χ0) is 15.0. The highest BCUT2D eigenvalue weighted by Crippen LogP contribution is 2.37. The van der Waals surface area contributed by atoms with Gasteiger partial charge in [0.15, 0.2) is 23.5 Å². The fraction of sp³-hybridized carbons (Fsp3) is 0.438. The van der Waals surface area contributed by atoms with Crippen LogP contribution < -0.4 is 0 Å². The monoisotopic (exact) mass is 289 g/mol. The van der Waals surface area contributed by atoms with Gasteiger partial charge in [-0.25, -0.2) is 0 Å². The second kappa shape index (κ2) is 5.41. The van der Waals surface area contributed by atoms with Crippen LogP contribution in [-0.4, -0.2) is 40.2 Å². The molecular weight excluding hydrogens is 270 g/mol. The van der Waals surface area contributed by atoms with Crippen molar-refractivity contribution in [1.82, 2.24) is 4.90 Å². The third kappa shape index (κ3) is 2.38. The van der Waals surface area contributed by atoms with Gasteiger partial charge >= 0.3 is 0 Å². The molecule has 5 heteroatoms. The smallest absolute Gasteiger partial charge is 0.180 e. The van der Waals surface area contributed by atoms with Crippen molar-refractivity contribution in [3.63, 3.8) is 0 Å². The van der Waals surface area contributed by atoms with E-state index >= 15 is 0 Å². The highest BCUT2D eigenvalue weighted by atomic mass is 16.5. The molecule has 2 aliphatic rings. The van der Waals surface area contributed by atoms with Crippen LogP contribution in [0.25, 0.3) is 0 Å². The maximum Gasteiger partial charge on any atom is 0.180 e. The predicted molar refractivity (Wildman–Crippen MR) is 77.2 cm³/mol. The molecule has 0 saturated carbocycles. The summed E-state index contributed by atoms with van der Waals surface area (Å²) in [5.41, 5.74) is 1.05. The molecule has 1 aliphatic heterocycles. The molecule has 3 rings (SSSR count). The van der Waals surface area contributed by atoms with Crippen LogP contribution in [0.2, 0.25) is 0 Å². The molecule has 5 nitrogen and oxygen atoms in total. The summed E-state index contributed by atoms with van der Waals surface area (Å²) in [6.07, 6.45) is 6.57. The fourth-order valence-corrected chi connectivity index (χ4v) is 3.11. The summed E-state index contributed by atoms with van der Waals surface area (Å²) >= 11 is 0. The number of Topliss-reactive ketones (excluding diaryl/α,β-unsaturated/α-hetero) is 1. The number of ketones is 1. The van der Waals surface area contributed by atoms with Crippen LogP contribution in [0.5, 0.6) is 11.5 Å². The molecule has 0 amide bonds. The molecule has 0 fully saturated rings. The van der Waals surface area contributed by atoms with Gasteiger partial charge in [-0.15, -0.1) is 0 Å². The lowest BCUT2D eigenvalue weighted by Crippen LogP contribution is -2.47. The average Bonchev–Trinajstić information content (AvgIpc) is 2.52. The summed E-state index contributed by atoms with van der Waals surface area (Å²) in [5, 5.41) is 19.4. The number of benzene rings is 1. The molecule has 112 valence electrons. The Labute approximate surface area is 123 Å². The first-order valence-corrected chi connectivity index (χ1v) is 7.20. The van der Waals surface area contributed by atoms with Crippen LogP contribution in [0.15, 0.2) is 24.5 Å². The van der Waals surface area contributed by atoms with Gasteiger partial charge in [0.1, 0.15) is 0 Å². The van der Waals surface area contributed by atoms with E-state index in [4.69, 9.17) is 4.74 Å². The van der Waals surface area contributed by atoms with Gasteiger partial charge < -0.3 is 14.9 Å². The second-order valence-corrected chi connectivity index (χ2v) is 5.58. The number of carbonyl (C=O) groups is 1. The first kappa shape index (κ1) is 13.9. The second-order valence-electron chi connectivity index (χ2n) is 5.58. The molecule has 1 aliphatic carbocycles. The molecule has 21 heavy (non-hydrogen) atoms. The van der Waals surface area contributed by atoms with Crippen molar-refractivity contribution in [1.29, 1.82) is 0 Å². The number of aromatic hydroxyl groups is 2. The van der Waals surface area contributed by atoms with Crippen LogP contribution in [0.4, 0.5) is 0 Å². The zero-order valence-electron chi connectivity index (χ0n) is 12.0. The molecule has 2 N–H and O–H groups in total. The molecule has 0 spiro atoms. The zero-order valence-corrected chi connectivity index (χ0v) is 12.0. The predicted octanol–water partition coefficient (Wildman–Crippen LogP) is 2.18. The van der Waals surface area contributed by atoms with E-state index in [0.29, 0.717) is 24.0 Å². The van der Waals surface area contributed by atoms with Crippen molar-refractivity contribution in [2.75, 3.05) is 7.05 Å². The highest BCUT2D eigenvalue weighted by Gasteiger charge is 2.35. The molecule has 2 unspecified atom stereocenters. The van der Waals surface area contributed by atoms with Crippen LogP contribution in [0.3, 0.4) is 0 Å². The Hall–Kier alpha value is -2.01. The van der Waals surface area contributed by atoms with Crippen LogP contribution in [0, 0.1) is 0 Å². The van der Waals surface area contributed by atoms with E-state index in [0.717, 1.165) is 12.8 Å². The summed E-state index contributed by atoms with van der Waals surface area (Å²) < 4.78 is 5.58. The van der Waals surface area contributed by atoms with Crippen molar-refractivity contribution >= 4 is 5.78 Å². The maximum absolute atomic E-state index is 12.7. The molecule has 0 radical (unpaired) electrons. The first-order chi connectivity index (χ1) is 10.1. The van der Waals surface area contributed by atoms with E-state index in [1.807, 2.05) is 18.0 Å². The third-order valence-electron chi connectivity index (χ3n) is 4.36. The van der Waals surface area contributed by atoms with Crippen molar-refractivity contribution in [2.24, 2.45) is 0 Å². The van der Waals surface area contributed by atoms with E-state index in [9.17, 15) is 15.0 Å². The van der Waals surface area contributed by atoms with E-state index in [-0.39, 0.29) is 29.6 Å². The lowest BCUT2D eigenvalue weighted by atomic mass is 9.85. The van der Waals surface area contributed by atoms with Crippen molar-refractivity contribution < 1.29 is 19.7 Å². The first-order valence-electron chi connectivity index (χ1n) is 7.20. The molecule has 0 aromatic heterocycles. The van der Waals surface area contributed by atoms with Crippen LogP contribution in [-0.2, 0) is 11.2 Å². The number of phenols is 2. The molecule has 0 saturated heterocycles. The minimum Gasteiger partial charge on any atom is -0.504 e. The topological polar surface area (TPSA) is 70.0 Å². The van der Waals surface area contributed by atoms with Gasteiger partial charge in [0.2, 0.25) is 0 Å². The van der Waals surface area contributed by atoms with Gasteiger partial charge in [-0.1, -0.05) is 0 Å². The van der Waals surface area contributed by atoms with Crippen LogP contribution >= 0.6 is 0 Å². The van der Waals surface area contributed by atoms with E-state index in [1.54, 1.807) is 12.3 Å². The fourth-order valence-electron chi connectivity index (χ4n) is 3.11. The number of nitrogens with zero attached hydrogens (tertiary/aromatic N) is 1. The summed E-state index contributed by atoms with van der Waals surface area (Å²) in [4.78, 5) is 14.6. The van der Waals surface area contributed by atoms with Gasteiger partial charge in [0, 0.05) is 17.5 Å². The standard InChI is InChI=1S/C16H19NO4/c1-17(14-4-2-3-9-21-14)12-7-5-11-10(15(12)19)6-8-13(18)16(11)20/h3,6,8-9,12,14,18,20H,2,4-5,7H2,1H3. The minimum absolute atomic E-state index is 0.0211. The number of allylic oxidation sites excluding steroid dienone is 1. The number of fused-ring (bicyclic) bond motifs is 1. The Bertz CT molecular complexity index is 596. The molecule has 0 bridgehead atoms. The molecule has 1 aromatic carbocycles. The average molecular weight is 289 g/mol. The quantitative estimate of drug-likeness (QED) is 0.817. The van der Waals surface area contributed by atoms with Crippen molar-refractivity contribution in [3.05, 3.63) is 35.6 Å². The third-order valence-corrected chi connectivity index (χ3v) is 4.36. The van der Waals surface area contributed by atoms with Gasteiger partial charge in [-0.2, -0.15) is 0 Å². The molecule has 2 atom stereocenters. The minimum atomic E-state index is -0.252. The Morgan fingerprint density at radius 2 is 2.10 bits per heavy atom. The highest BCUT2D eigenvalue weighted by molar-refractivity contribution is 6.03. The molecular formula is C16H19NO4. The normalized spacial score (nSPS) is 24.8. The summed E-state index contributed by atoms with van der Waals surface area (Å²) in [6, 6.07) is 2.71. The van der Waals surface area contributed by atoms with Crippen LogP contribution in [0.1, 0.15) is 35.2 Å². The lowest BCUT2D eigenvalue weighted by Gasteiger charge is -2.37. The van der Waals surface area contributed by atoms with E-state index in [1.165, 1.54) is 6.07 Å². The number of phenolic OH excluding ortho intramolecular Hbond substituents is 2. The van der Waals surface area contributed by atoms with Gasteiger partial charge in [-0.05, 0) is 44.5 Å². The number of hydrogen-bond acceptors (Lipinski definition) is 5. The van der Waals surface area contributed by atoms with Gasteiger partial charge in [-0.3, -0.25) is 9.69 Å². The van der Waals surface area contributed by atoms with E-state index < -0.39 is 0 Å². The Morgan fingerprint density at radius 1 is 1.29 bits per heavy atom. The Balaban J connectivity index is 1.85. The van der Waals surface area contributed by atoms with Gasteiger partial charge in [0.05, 0.1) is 12.3 Å². The summed E-state index contributed by atoms with van der Waals surface area (Å²) in [5.74, 6) is -0.361. The number of likely N-dealkylation sites (N-methyl/N-ethyl adjacent to an activating group) is 1. The summed E-state index contributed by atoms with van der Waals surface area (Å²) in [7, 11) is 1.90. The summed E-state index contributed by atoms with van der Waals surface area (Å²) in [6.45, 7) is 0. The number of hydrogen-bond donors (Lipinski definition) is 2. The largest absolute Gasteiger partial charge is 0.504 e. The van der Waals surface area contributed by atoms with E-state index in [2.05, 4.69) is 0 Å². The van der Waals surface area contributed by atoms with Crippen molar-refractivity contribution in [3.8, 4) is 11.5 Å².